The Labute approximate surface area is 133 Å². The third-order valence-corrected chi connectivity index (χ3v) is 4.02. The molecule has 0 fully saturated rings. The fourth-order valence-electron chi connectivity index (χ4n) is 1.63. The van der Waals surface area contributed by atoms with Crippen molar-refractivity contribution in [1.82, 2.24) is 10.1 Å². The maximum atomic E-state index is 6.19. The van der Waals surface area contributed by atoms with Crippen LogP contribution in [-0.4, -0.2) is 10.1 Å². The van der Waals surface area contributed by atoms with Gasteiger partial charge in [-0.1, -0.05) is 44.8 Å². The lowest BCUT2D eigenvalue weighted by molar-refractivity contribution is 0.410. The molecule has 0 N–H and O–H groups in total. The molecule has 20 heavy (non-hydrogen) atoms. The molecule has 3 rings (SSSR count). The van der Waals surface area contributed by atoms with Crippen molar-refractivity contribution < 1.29 is 4.52 Å². The van der Waals surface area contributed by atoms with E-state index in [4.69, 9.17) is 16.1 Å². The molecule has 2 heterocycles. The highest BCUT2D eigenvalue weighted by Crippen LogP contribution is 2.25. The average Bonchev–Trinajstić information content (AvgIpc) is 3.09. The van der Waals surface area contributed by atoms with Crippen LogP contribution >= 0.6 is 38.9 Å². The molecule has 0 saturated heterocycles. The fourth-order valence-corrected chi connectivity index (χ4v) is 2.85. The second-order valence-corrected chi connectivity index (χ2v) is 6.09. The van der Waals surface area contributed by atoms with Crippen molar-refractivity contribution >= 4 is 50.0 Å². The Morgan fingerprint density at radius 1 is 1.35 bits per heavy atom. The molecular formula is C14H8BrClN2OS. The predicted molar refractivity (Wildman–Crippen MR) is 85.5 cm³/mol. The summed E-state index contributed by atoms with van der Waals surface area (Å²) in [4.78, 5) is 4.31. The van der Waals surface area contributed by atoms with Gasteiger partial charge in [-0.15, -0.1) is 0 Å². The topological polar surface area (TPSA) is 38.9 Å². The van der Waals surface area contributed by atoms with Crippen LogP contribution in [0.1, 0.15) is 11.5 Å². The smallest absolute Gasteiger partial charge is 0.269 e. The molecule has 1 aromatic carbocycles. The minimum atomic E-state index is 0.313. The fraction of sp³-hybridized carbons (Fsp3) is 0. The normalized spacial score (nSPS) is 11.8. The van der Waals surface area contributed by atoms with Gasteiger partial charge in [0, 0.05) is 10.0 Å². The van der Waals surface area contributed by atoms with Crippen LogP contribution in [0.5, 0.6) is 0 Å². The van der Waals surface area contributed by atoms with Crippen LogP contribution in [0, 0.1) is 0 Å². The van der Waals surface area contributed by atoms with E-state index < -0.39 is 0 Å². The lowest BCUT2D eigenvalue weighted by Crippen LogP contribution is -1.81. The van der Waals surface area contributed by atoms with Gasteiger partial charge in [0.15, 0.2) is 0 Å². The Hall–Kier alpha value is -1.43. The minimum Gasteiger partial charge on any atom is -0.333 e. The van der Waals surface area contributed by atoms with E-state index in [1.807, 2.05) is 41.1 Å². The van der Waals surface area contributed by atoms with Gasteiger partial charge >= 0.3 is 0 Å². The molecule has 0 amide bonds. The van der Waals surface area contributed by atoms with Crippen LogP contribution in [0.4, 0.5) is 0 Å². The molecule has 100 valence electrons. The average molecular weight is 368 g/mol. The number of thiophene rings is 1. The summed E-state index contributed by atoms with van der Waals surface area (Å²) in [6.07, 6.45) is 1.80. The summed E-state index contributed by atoms with van der Waals surface area (Å²) in [7, 11) is 0. The van der Waals surface area contributed by atoms with Gasteiger partial charge in [-0.05, 0) is 40.6 Å². The van der Waals surface area contributed by atoms with Crippen molar-refractivity contribution in [3.05, 3.63) is 57.0 Å². The molecule has 0 bridgehead atoms. The SMILES string of the molecule is Cl/C(=C\c1ccsc1)c1nc(-c2cccc(Br)c2)no1. The maximum absolute atomic E-state index is 6.19. The summed E-state index contributed by atoms with van der Waals surface area (Å²) in [5, 5.41) is 8.35. The lowest BCUT2D eigenvalue weighted by Gasteiger charge is -1.94. The summed E-state index contributed by atoms with van der Waals surface area (Å²) in [5.74, 6) is 0.825. The molecule has 0 saturated carbocycles. The highest BCUT2D eigenvalue weighted by atomic mass is 79.9. The van der Waals surface area contributed by atoms with E-state index >= 15 is 0 Å². The quantitative estimate of drug-likeness (QED) is 0.630. The molecule has 0 aliphatic rings. The third kappa shape index (κ3) is 3.00. The highest BCUT2D eigenvalue weighted by molar-refractivity contribution is 9.10. The molecule has 0 unspecified atom stereocenters. The Kier molecular flexibility index (Phi) is 4.00. The van der Waals surface area contributed by atoms with Crippen LogP contribution in [0.3, 0.4) is 0 Å². The molecule has 2 aromatic heterocycles. The second kappa shape index (κ2) is 5.91. The van der Waals surface area contributed by atoms with Gasteiger partial charge in [0.1, 0.15) is 5.03 Å². The van der Waals surface area contributed by atoms with Crippen molar-refractivity contribution in [2.24, 2.45) is 0 Å². The summed E-state index contributed by atoms with van der Waals surface area (Å²) in [6.45, 7) is 0. The van der Waals surface area contributed by atoms with Crippen LogP contribution in [0.15, 0.2) is 50.1 Å². The Bertz CT molecular complexity index is 752. The lowest BCUT2D eigenvalue weighted by atomic mass is 10.2. The van der Waals surface area contributed by atoms with Crippen molar-refractivity contribution in [2.45, 2.75) is 0 Å². The van der Waals surface area contributed by atoms with E-state index in [1.165, 1.54) is 0 Å². The van der Waals surface area contributed by atoms with Crippen molar-refractivity contribution in [3.63, 3.8) is 0 Å². The number of hydrogen-bond acceptors (Lipinski definition) is 4. The van der Waals surface area contributed by atoms with E-state index in [0.717, 1.165) is 15.6 Å². The van der Waals surface area contributed by atoms with E-state index in [1.54, 1.807) is 17.4 Å². The second-order valence-electron chi connectivity index (χ2n) is 3.98. The summed E-state index contributed by atoms with van der Waals surface area (Å²) >= 11 is 11.2. The zero-order valence-corrected chi connectivity index (χ0v) is 13.2. The van der Waals surface area contributed by atoms with E-state index in [0.29, 0.717) is 16.7 Å². The number of halogens is 2. The minimum absolute atomic E-state index is 0.313. The molecular weight excluding hydrogens is 360 g/mol. The summed E-state index contributed by atoms with van der Waals surface area (Å²) in [6, 6.07) is 9.66. The monoisotopic (exact) mass is 366 g/mol. The zero-order valence-electron chi connectivity index (χ0n) is 10.1. The molecule has 0 aliphatic carbocycles. The summed E-state index contributed by atoms with van der Waals surface area (Å²) in [5.41, 5.74) is 1.89. The first-order valence-corrected chi connectivity index (χ1v) is 7.83. The van der Waals surface area contributed by atoms with Crippen molar-refractivity contribution in [2.75, 3.05) is 0 Å². The Balaban J connectivity index is 1.91. The zero-order chi connectivity index (χ0) is 13.9. The van der Waals surface area contributed by atoms with E-state index in [9.17, 15) is 0 Å². The van der Waals surface area contributed by atoms with Crippen LogP contribution < -0.4 is 0 Å². The molecule has 0 radical (unpaired) electrons. The van der Waals surface area contributed by atoms with Crippen molar-refractivity contribution in [3.8, 4) is 11.4 Å². The number of nitrogens with zero attached hydrogens (tertiary/aromatic N) is 2. The van der Waals surface area contributed by atoms with Gasteiger partial charge in [0.05, 0.1) is 0 Å². The molecule has 0 atom stereocenters. The first-order valence-electron chi connectivity index (χ1n) is 5.72. The Morgan fingerprint density at radius 2 is 2.25 bits per heavy atom. The van der Waals surface area contributed by atoms with Crippen LogP contribution in [-0.2, 0) is 0 Å². The van der Waals surface area contributed by atoms with Crippen LogP contribution in [0.25, 0.3) is 22.5 Å². The van der Waals surface area contributed by atoms with E-state index in [-0.39, 0.29) is 0 Å². The number of hydrogen-bond donors (Lipinski definition) is 0. The van der Waals surface area contributed by atoms with E-state index in [2.05, 4.69) is 26.1 Å². The van der Waals surface area contributed by atoms with Gasteiger partial charge in [-0.2, -0.15) is 16.3 Å². The summed E-state index contributed by atoms with van der Waals surface area (Å²) < 4.78 is 6.16. The molecule has 6 heteroatoms. The standard InChI is InChI=1S/C14H8BrClN2OS/c15-11-3-1-2-10(7-11)13-17-14(19-18-13)12(16)6-9-4-5-20-8-9/h1-8H/b12-6-. The first-order chi connectivity index (χ1) is 9.72. The van der Waals surface area contributed by atoms with Gasteiger partial charge in [0.25, 0.3) is 5.89 Å². The largest absolute Gasteiger partial charge is 0.333 e. The number of benzene rings is 1. The molecule has 0 aliphatic heterocycles. The molecule has 3 aromatic rings. The number of rotatable bonds is 3. The molecule has 0 spiro atoms. The molecule has 3 nitrogen and oxygen atoms in total. The van der Waals surface area contributed by atoms with Gasteiger partial charge in [-0.25, -0.2) is 0 Å². The highest BCUT2D eigenvalue weighted by Gasteiger charge is 2.11. The van der Waals surface area contributed by atoms with Gasteiger partial charge in [-0.3, -0.25) is 0 Å². The van der Waals surface area contributed by atoms with Crippen LogP contribution in [0.2, 0.25) is 0 Å². The van der Waals surface area contributed by atoms with Gasteiger partial charge in [0.2, 0.25) is 5.82 Å². The van der Waals surface area contributed by atoms with Crippen molar-refractivity contribution in [1.29, 1.82) is 0 Å². The Morgan fingerprint density at radius 3 is 3.00 bits per heavy atom. The predicted octanol–water partition coefficient (Wildman–Crippen LogP) is 5.30. The third-order valence-electron chi connectivity index (χ3n) is 2.55. The maximum Gasteiger partial charge on any atom is 0.269 e. The number of aromatic nitrogens is 2. The van der Waals surface area contributed by atoms with Gasteiger partial charge < -0.3 is 4.52 Å². The first kappa shape index (κ1) is 13.5.